The van der Waals surface area contributed by atoms with E-state index in [2.05, 4.69) is 4.98 Å². The van der Waals surface area contributed by atoms with Gasteiger partial charge in [0.2, 0.25) is 17.3 Å². The fourth-order valence-corrected chi connectivity index (χ4v) is 4.49. The molecule has 1 fully saturated rings. The molecule has 3 atom stereocenters. The molecule has 1 unspecified atom stereocenters. The summed E-state index contributed by atoms with van der Waals surface area (Å²) in [6.07, 6.45) is 4.12. The Balaban J connectivity index is 1.42. The van der Waals surface area contributed by atoms with Crippen LogP contribution in [-0.2, 0) is 38.6 Å². The minimum atomic E-state index is -1.20. The van der Waals surface area contributed by atoms with Gasteiger partial charge in [0.05, 0.1) is 24.3 Å². The molecule has 0 amide bonds. The van der Waals surface area contributed by atoms with Gasteiger partial charge in [0, 0.05) is 12.1 Å². The number of carboxylic acid groups (broad SMARTS) is 1. The number of carboxylic acids is 1. The zero-order valence-electron chi connectivity index (χ0n) is 17.3. The molecule has 2 N–H and O–H groups in total. The van der Waals surface area contributed by atoms with Crippen LogP contribution in [0.4, 0.5) is 0 Å². The van der Waals surface area contributed by atoms with Crippen LogP contribution in [0.3, 0.4) is 0 Å². The summed E-state index contributed by atoms with van der Waals surface area (Å²) < 4.78 is 10.6. The highest BCUT2D eigenvalue weighted by Gasteiger charge is 2.48. The number of ketones is 3. The first-order chi connectivity index (χ1) is 15.4. The number of aliphatic hydroxyl groups excluding tert-OH is 1. The summed E-state index contributed by atoms with van der Waals surface area (Å²) in [5.74, 6) is -5.27. The topological polar surface area (TPSA) is 144 Å². The number of aromatic nitrogens is 1. The van der Waals surface area contributed by atoms with Crippen LogP contribution in [0.5, 0.6) is 0 Å². The van der Waals surface area contributed by atoms with Gasteiger partial charge < -0.3 is 19.4 Å². The Morgan fingerprint density at radius 3 is 2.69 bits per heavy atom. The molecule has 2 aromatic rings. The lowest BCUT2D eigenvalue weighted by Crippen LogP contribution is -2.24. The van der Waals surface area contributed by atoms with Gasteiger partial charge in [-0.15, -0.1) is 0 Å². The molecule has 32 heavy (non-hydrogen) atoms. The highest BCUT2D eigenvalue weighted by atomic mass is 16.5. The number of carbonyl (C=O) groups is 4. The van der Waals surface area contributed by atoms with Gasteiger partial charge >= 0.3 is 5.97 Å². The number of Topliss-reactive ketones (excluding diaryl/α,β-unsaturated/α-hetero) is 3. The fraction of sp³-hybridized carbons (Fsp3) is 0.435. The summed E-state index contributed by atoms with van der Waals surface area (Å²) >= 11 is 0. The van der Waals surface area contributed by atoms with Crippen molar-refractivity contribution in [3.05, 3.63) is 52.7 Å². The molecule has 0 aromatic carbocycles. The van der Waals surface area contributed by atoms with E-state index in [-0.39, 0.29) is 24.7 Å². The van der Waals surface area contributed by atoms with Crippen molar-refractivity contribution in [1.29, 1.82) is 0 Å². The number of rotatable bonds is 8. The van der Waals surface area contributed by atoms with E-state index in [1.807, 2.05) is 6.07 Å². The average molecular weight is 441 g/mol. The van der Waals surface area contributed by atoms with Gasteiger partial charge in [-0.05, 0) is 61.4 Å². The van der Waals surface area contributed by atoms with E-state index in [4.69, 9.17) is 14.3 Å². The molecular formula is C23H23NO8. The number of aryl methyl sites for hydroxylation is 1. The van der Waals surface area contributed by atoms with Crippen molar-refractivity contribution in [1.82, 2.24) is 4.98 Å². The molecule has 4 rings (SSSR count). The Labute approximate surface area is 183 Å². The monoisotopic (exact) mass is 441 g/mol. The Kier molecular flexibility index (Phi) is 6.29. The third-order valence-electron chi connectivity index (χ3n) is 6.15. The zero-order chi connectivity index (χ0) is 22.8. The highest BCUT2D eigenvalue weighted by molar-refractivity contribution is 6.68. The maximum absolute atomic E-state index is 12.4. The zero-order valence-corrected chi connectivity index (χ0v) is 17.3. The maximum Gasteiger partial charge on any atom is 0.371 e. The Hall–Kier alpha value is -3.17. The maximum atomic E-state index is 12.4. The fourth-order valence-electron chi connectivity index (χ4n) is 4.49. The average Bonchev–Trinajstić information content (AvgIpc) is 3.33. The lowest BCUT2D eigenvalue weighted by molar-refractivity contribution is -0.141. The summed E-state index contributed by atoms with van der Waals surface area (Å²) in [4.78, 5) is 52.0. The predicted molar refractivity (Wildman–Crippen MR) is 108 cm³/mol. The van der Waals surface area contributed by atoms with Crippen molar-refractivity contribution in [2.75, 3.05) is 6.61 Å². The lowest BCUT2D eigenvalue weighted by atomic mass is 9.85. The molecule has 0 aliphatic heterocycles. The van der Waals surface area contributed by atoms with Crippen molar-refractivity contribution in [2.45, 2.75) is 44.8 Å². The summed E-state index contributed by atoms with van der Waals surface area (Å²) in [6, 6.07) is 4.60. The molecule has 2 heterocycles. The van der Waals surface area contributed by atoms with E-state index in [9.17, 15) is 24.3 Å². The highest BCUT2D eigenvalue weighted by Crippen LogP contribution is 2.33. The first-order valence-electron chi connectivity index (χ1n) is 10.5. The summed E-state index contributed by atoms with van der Waals surface area (Å²) in [5, 5.41) is 19.1. The van der Waals surface area contributed by atoms with E-state index in [0.29, 0.717) is 25.0 Å². The predicted octanol–water partition coefficient (Wildman–Crippen LogP) is 1.85. The van der Waals surface area contributed by atoms with Gasteiger partial charge in [-0.3, -0.25) is 19.4 Å². The van der Waals surface area contributed by atoms with E-state index in [0.717, 1.165) is 24.0 Å². The third-order valence-corrected chi connectivity index (χ3v) is 6.15. The lowest BCUT2D eigenvalue weighted by Gasteiger charge is -2.23. The number of hydrogen-bond donors (Lipinski definition) is 2. The summed E-state index contributed by atoms with van der Waals surface area (Å²) in [6.45, 7) is -0.223. The van der Waals surface area contributed by atoms with Crippen LogP contribution in [-0.4, -0.2) is 45.1 Å². The molecule has 0 spiro atoms. The van der Waals surface area contributed by atoms with Crippen molar-refractivity contribution in [3.8, 4) is 0 Å². The van der Waals surface area contributed by atoms with Crippen molar-refractivity contribution >= 4 is 23.3 Å². The van der Waals surface area contributed by atoms with Crippen LogP contribution in [0.15, 0.2) is 28.8 Å². The standard InChI is InChI=1S/C23H23NO8/c25-17-3-1-2-14-12(8-9-24-19(14)17)4-6-15-16(21(27)22(28)20(15)26)11-31-10-13-5-7-18(32-13)23(29)30/h5,7-9,15-17,25H,1-4,6,10-11H2,(H,29,30)/t15-,16-,17?/m1/s1. The van der Waals surface area contributed by atoms with Crippen molar-refractivity contribution in [2.24, 2.45) is 11.8 Å². The van der Waals surface area contributed by atoms with Gasteiger partial charge in [0.25, 0.3) is 5.78 Å². The number of carbonyl (C=O) groups excluding carboxylic acids is 3. The molecular weight excluding hydrogens is 418 g/mol. The van der Waals surface area contributed by atoms with Crippen LogP contribution in [0.2, 0.25) is 0 Å². The quantitative estimate of drug-likeness (QED) is 0.586. The number of pyridine rings is 1. The smallest absolute Gasteiger partial charge is 0.371 e. The molecule has 9 nitrogen and oxygen atoms in total. The SMILES string of the molecule is O=C1C(=O)[C@H](CCc2ccnc3c2CCCC3O)[C@@H](COCc2ccc(C(=O)O)o2)C1=O. The van der Waals surface area contributed by atoms with Gasteiger partial charge in [0.15, 0.2) is 0 Å². The first kappa shape index (κ1) is 22.0. The minimum absolute atomic E-state index is 0.0814. The molecule has 0 bridgehead atoms. The second kappa shape index (κ2) is 9.13. The van der Waals surface area contributed by atoms with E-state index in [1.165, 1.54) is 12.1 Å². The minimum Gasteiger partial charge on any atom is -0.475 e. The number of aliphatic hydroxyl groups is 1. The molecule has 168 valence electrons. The second-order valence-corrected chi connectivity index (χ2v) is 8.14. The molecule has 1 saturated carbocycles. The van der Waals surface area contributed by atoms with E-state index < -0.39 is 41.3 Å². The Bertz CT molecular complexity index is 1070. The van der Waals surface area contributed by atoms with Crippen LogP contribution < -0.4 is 0 Å². The number of nitrogens with zero attached hydrogens (tertiary/aromatic N) is 1. The van der Waals surface area contributed by atoms with E-state index >= 15 is 0 Å². The van der Waals surface area contributed by atoms with Crippen molar-refractivity contribution < 1.29 is 38.5 Å². The van der Waals surface area contributed by atoms with Gasteiger partial charge in [-0.25, -0.2) is 4.79 Å². The van der Waals surface area contributed by atoms with Crippen LogP contribution in [0.1, 0.15) is 58.5 Å². The summed E-state index contributed by atoms with van der Waals surface area (Å²) in [7, 11) is 0. The normalized spacial score (nSPS) is 22.9. The second-order valence-electron chi connectivity index (χ2n) is 8.14. The number of fused-ring (bicyclic) bond motifs is 1. The molecule has 0 radical (unpaired) electrons. The Morgan fingerprint density at radius 2 is 1.94 bits per heavy atom. The first-order valence-corrected chi connectivity index (χ1v) is 10.5. The largest absolute Gasteiger partial charge is 0.475 e. The molecule has 2 aliphatic carbocycles. The molecule has 2 aliphatic rings. The van der Waals surface area contributed by atoms with Crippen LogP contribution in [0.25, 0.3) is 0 Å². The third kappa shape index (κ3) is 4.26. The van der Waals surface area contributed by atoms with E-state index in [1.54, 1.807) is 6.20 Å². The van der Waals surface area contributed by atoms with Gasteiger partial charge in [-0.1, -0.05) is 0 Å². The Morgan fingerprint density at radius 1 is 1.16 bits per heavy atom. The van der Waals surface area contributed by atoms with Crippen LogP contribution >= 0.6 is 0 Å². The molecule has 2 aromatic heterocycles. The number of ether oxygens (including phenoxy) is 1. The number of hydrogen-bond acceptors (Lipinski definition) is 8. The van der Waals surface area contributed by atoms with Crippen LogP contribution in [0, 0.1) is 11.8 Å². The number of aromatic carboxylic acids is 1. The van der Waals surface area contributed by atoms with Crippen molar-refractivity contribution in [3.63, 3.8) is 0 Å². The summed E-state index contributed by atoms with van der Waals surface area (Å²) in [5.41, 5.74) is 2.61. The van der Waals surface area contributed by atoms with Gasteiger partial charge in [-0.2, -0.15) is 0 Å². The van der Waals surface area contributed by atoms with Gasteiger partial charge in [0.1, 0.15) is 12.4 Å². The molecule has 0 saturated heterocycles. The number of furan rings is 1. The molecule has 9 heteroatoms.